The van der Waals surface area contributed by atoms with Crippen molar-refractivity contribution in [2.75, 3.05) is 26.3 Å². The van der Waals surface area contributed by atoms with Crippen molar-refractivity contribution in [2.24, 2.45) is 0 Å². The van der Waals surface area contributed by atoms with Crippen molar-refractivity contribution < 1.29 is 9.53 Å². The molecule has 1 aliphatic heterocycles. The molecule has 0 unspecified atom stereocenters. The van der Waals surface area contributed by atoms with Gasteiger partial charge in [-0.1, -0.05) is 41.7 Å². The van der Waals surface area contributed by atoms with E-state index in [0.717, 1.165) is 0 Å². The molecule has 1 atom stereocenters. The molecule has 1 saturated heterocycles. The third kappa shape index (κ3) is 4.26. The lowest BCUT2D eigenvalue weighted by Gasteiger charge is -2.38. The van der Waals surface area contributed by atoms with Crippen LogP contribution in [0.15, 0.2) is 0 Å². The van der Waals surface area contributed by atoms with Crippen LogP contribution in [-0.4, -0.2) is 47.1 Å². The molecule has 16 heavy (non-hydrogen) atoms. The largest absolute Gasteiger partial charge is 0.379 e. The first-order valence-corrected chi connectivity index (χ1v) is 6.26. The van der Waals surface area contributed by atoms with Crippen molar-refractivity contribution in [3.63, 3.8) is 0 Å². The summed E-state index contributed by atoms with van der Waals surface area (Å²) in [4.78, 5) is 13.3. The van der Waals surface area contributed by atoms with E-state index in [9.17, 15) is 4.79 Å². The second-order valence-electron chi connectivity index (χ2n) is 3.51. The summed E-state index contributed by atoms with van der Waals surface area (Å²) in [5.41, 5.74) is 0. The van der Waals surface area contributed by atoms with Gasteiger partial charge in [-0.3, -0.25) is 9.69 Å². The van der Waals surface area contributed by atoms with Crippen LogP contribution in [0.1, 0.15) is 13.3 Å². The van der Waals surface area contributed by atoms with Crippen molar-refractivity contribution >= 4 is 40.7 Å². The van der Waals surface area contributed by atoms with Crippen LogP contribution in [0.3, 0.4) is 0 Å². The van der Waals surface area contributed by atoms with Gasteiger partial charge in [-0.25, -0.2) is 0 Å². The summed E-state index contributed by atoms with van der Waals surface area (Å²) in [6.07, 6.45) is -0.240. The highest BCUT2D eigenvalue weighted by Gasteiger charge is 2.38. The first-order valence-electron chi connectivity index (χ1n) is 5.13. The van der Waals surface area contributed by atoms with E-state index in [1.54, 1.807) is 6.92 Å². The van der Waals surface area contributed by atoms with Gasteiger partial charge < -0.3 is 10.1 Å². The number of nitrogens with zero attached hydrogens (tertiary/aromatic N) is 1. The average Bonchev–Trinajstić information content (AvgIpc) is 2.25. The molecule has 1 heterocycles. The second-order valence-corrected chi connectivity index (χ2v) is 5.88. The third-order valence-electron chi connectivity index (χ3n) is 2.34. The second kappa shape index (κ2) is 6.26. The Kier molecular flexibility index (Phi) is 5.61. The molecule has 1 N–H and O–H groups in total. The molecule has 1 fully saturated rings. The van der Waals surface area contributed by atoms with E-state index in [-0.39, 0.29) is 5.91 Å². The van der Waals surface area contributed by atoms with Crippen molar-refractivity contribution in [2.45, 2.75) is 23.3 Å². The SMILES string of the molecule is CCC(=O)N[C@H](N1CCOCC1)C(Cl)(Cl)Cl. The van der Waals surface area contributed by atoms with Gasteiger partial charge in [-0.15, -0.1) is 0 Å². The third-order valence-corrected chi connectivity index (χ3v) is 2.96. The van der Waals surface area contributed by atoms with Crippen LogP contribution in [0.2, 0.25) is 0 Å². The molecule has 94 valence electrons. The summed E-state index contributed by atoms with van der Waals surface area (Å²) in [6.45, 7) is 4.20. The number of hydrogen-bond acceptors (Lipinski definition) is 3. The Balaban J connectivity index is 2.66. The summed E-state index contributed by atoms with van der Waals surface area (Å²) in [5, 5.41) is 2.71. The molecule has 1 rings (SSSR count). The number of amides is 1. The van der Waals surface area contributed by atoms with Crippen LogP contribution in [-0.2, 0) is 9.53 Å². The highest BCUT2D eigenvalue weighted by atomic mass is 35.6. The average molecular weight is 290 g/mol. The number of halogens is 3. The molecule has 1 aliphatic rings. The number of morpholine rings is 1. The molecular formula is C9H15Cl3N2O2. The molecule has 0 saturated carbocycles. The Hall–Kier alpha value is 0.260. The molecule has 7 heteroatoms. The standard InChI is InChI=1S/C9H15Cl3N2O2/c1-2-7(15)13-8(9(10,11)12)14-3-5-16-6-4-14/h8H,2-6H2,1H3,(H,13,15)/t8-/m1/s1. The van der Waals surface area contributed by atoms with Crippen LogP contribution < -0.4 is 5.32 Å². The Bertz CT molecular complexity index is 239. The summed E-state index contributed by atoms with van der Waals surface area (Å²) in [7, 11) is 0. The topological polar surface area (TPSA) is 41.6 Å². The zero-order valence-corrected chi connectivity index (χ0v) is 11.3. The summed E-state index contributed by atoms with van der Waals surface area (Å²) >= 11 is 17.6. The molecule has 0 radical (unpaired) electrons. The fraction of sp³-hybridized carbons (Fsp3) is 0.889. The van der Waals surface area contributed by atoms with E-state index < -0.39 is 9.96 Å². The minimum absolute atomic E-state index is 0.136. The van der Waals surface area contributed by atoms with E-state index in [0.29, 0.717) is 32.7 Å². The van der Waals surface area contributed by atoms with Crippen LogP contribution in [0.25, 0.3) is 0 Å². The number of nitrogens with one attached hydrogen (secondary N) is 1. The van der Waals surface area contributed by atoms with Gasteiger partial charge >= 0.3 is 0 Å². The number of ether oxygens (including phenoxy) is 1. The van der Waals surface area contributed by atoms with Crippen LogP contribution in [0.4, 0.5) is 0 Å². The zero-order valence-electron chi connectivity index (χ0n) is 9.01. The monoisotopic (exact) mass is 288 g/mol. The van der Waals surface area contributed by atoms with Crippen molar-refractivity contribution in [3.05, 3.63) is 0 Å². The lowest BCUT2D eigenvalue weighted by Crippen LogP contribution is -2.58. The highest BCUT2D eigenvalue weighted by Crippen LogP contribution is 2.32. The minimum Gasteiger partial charge on any atom is -0.379 e. The number of carbonyl (C=O) groups excluding carboxylic acids is 1. The maximum atomic E-state index is 11.4. The quantitative estimate of drug-likeness (QED) is 0.802. The first kappa shape index (κ1) is 14.3. The predicted octanol–water partition coefficient (Wildman–Crippen LogP) is 1.54. The summed E-state index contributed by atoms with van der Waals surface area (Å²) < 4.78 is 3.67. The summed E-state index contributed by atoms with van der Waals surface area (Å²) in [5.74, 6) is -0.136. The van der Waals surface area contributed by atoms with Gasteiger partial charge in [0.15, 0.2) is 0 Å². The van der Waals surface area contributed by atoms with Crippen molar-refractivity contribution in [3.8, 4) is 0 Å². The molecule has 0 aromatic carbocycles. The summed E-state index contributed by atoms with van der Waals surface area (Å²) in [6, 6.07) is 0. The van der Waals surface area contributed by atoms with E-state index >= 15 is 0 Å². The lowest BCUT2D eigenvalue weighted by molar-refractivity contribution is -0.123. The molecule has 0 aromatic heterocycles. The maximum Gasteiger partial charge on any atom is 0.223 e. The zero-order chi connectivity index (χ0) is 12.2. The van der Waals surface area contributed by atoms with Crippen molar-refractivity contribution in [1.29, 1.82) is 0 Å². The van der Waals surface area contributed by atoms with Gasteiger partial charge in [0.05, 0.1) is 13.2 Å². The van der Waals surface area contributed by atoms with E-state index in [4.69, 9.17) is 39.5 Å². The minimum atomic E-state index is -1.54. The van der Waals surface area contributed by atoms with E-state index in [1.807, 2.05) is 4.90 Å². The number of hydrogen-bond donors (Lipinski definition) is 1. The molecule has 4 nitrogen and oxygen atoms in total. The molecular weight excluding hydrogens is 274 g/mol. The van der Waals surface area contributed by atoms with Crippen LogP contribution in [0, 0.1) is 0 Å². The number of rotatable bonds is 3. The first-order chi connectivity index (χ1) is 7.45. The molecule has 1 amide bonds. The smallest absolute Gasteiger partial charge is 0.223 e. The van der Waals surface area contributed by atoms with Gasteiger partial charge in [0.1, 0.15) is 6.17 Å². The van der Waals surface area contributed by atoms with Crippen LogP contribution >= 0.6 is 34.8 Å². The molecule has 0 bridgehead atoms. The Morgan fingerprint density at radius 3 is 2.44 bits per heavy atom. The van der Waals surface area contributed by atoms with Crippen LogP contribution in [0.5, 0.6) is 0 Å². The molecule has 0 aromatic rings. The normalized spacial score (nSPS) is 20.5. The molecule has 0 spiro atoms. The van der Waals surface area contributed by atoms with Gasteiger partial charge in [-0.05, 0) is 0 Å². The Morgan fingerprint density at radius 1 is 1.44 bits per heavy atom. The van der Waals surface area contributed by atoms with Crippen molar-refractivity contribution in [1.82, 2.24) is 10.2 Å². The fourth-order valence-corrected chi connectivity index (χ4v) is 2.05. The van der Waals surface area contributed by atoms with Gasteiger partial charge in [0.25, 0.3) is 0 Å². The van der Waals surface area contributed by atoms with E-state index in [2.05, 4.69) is 5.32 Å². The Morgan fingerprint density at radius 2 is 2.00 bits per heavy atom. The number of carbonyl (C=O) groups is 1. The predicted molar refractivity (Wildman–Crippen MR) is 64.9 cm³/mol. The van der Waals surface area contributed by atoms with Gasteiger partial charge in [0.2, 0.25) is 9.70 Å². The Labute approximate surface area is 110 Å². The highest BCUT2D eigenvalue weighted by molar-refractivity contribution is 6.68. The van der Waals surface area contributed by atoms with Gasteiger partial charge in [-0.2, -0.15) is 0 Å². The maximum absolute atomic E-state index is 11.4. The fourth-order valence-electron chi connectivity index (χ4n) is 1.47. The lowest BCUT2D eigenvalue weighted by atomic mass is 10.3. The van der Waals surface area contributed by atoms with Gasteiger partial charge in [0, 0.05) is 19.5 Å². The molecule has 0 aliphatic carbocycles. The number of alkyl halides is 3. The van der Waals surface area contributed by atoms with E-state index in [1.165, 1.54) is 0 Å².